The number of hydrogen-bond donors (Lipinski definition) is 0. The van der Waals surface area contributed by atoms with Gasteiger partial charge < -0.3 is 9.47 Å². The monoisotopic (exact) mass is 190 g/mol. The number of ether oxygens (including phenoxy) is 2. The lowest BCUT2D eigenvalue weighted by molar-refractivity contribution is 0.171. The Kier molecular flexibility index (Phi) is 1.86. The van der Waals surface area contributed by atoms with Crippen molar-refractivity contribution < 1.29 is 9.47 Å². The molecule has 0 spiro atoms. The zero-order valence-electron chi connectivity index (χ0n) is 8.16. The Labute approximate surface area is 83.8 Å². The molecule has 0 bridgehead atoms. The van der Waals surface area contributed by atoms with Gasteiger partial charge in [0.25, 0.3) is 0 Å². The van der Waals surface area contributed by atoms with E-state index < -0.39 is 0 Å². The number of rotatable bonds is 2. The van der Waals surface area contributed by atoms with Gasteiger partial charge in [0, 0.05) is 0 Å². The van der Waals surface area contributed by atoms with Crippen molar-refractivity contribution in [1.82, 2.24) is 0 Å². The summed E-state index contributed by atoms with van der Waals surface area (Å²) in [6.07, 6.45) is 4.00. The second-order valence-electron chi connectivity index (χ2n) is 4.13. The Hall–Kier alpha value is -1.18. The molecule has 0 unspecified atom stereocenters. The minimum absolute atomic E-state index is 0.676. The zero-order valence-corrected chi connectivity index (χ0v) is 8.16. The van der Waals surface area contributed by atoms with Gasteiger partial charge in [0.05, 0.1) is 0 Å². The molecule has 3 rings (SSSR count). The normalized spacial score (nSPS) is 19.4. The molecule has 1 aromatic rings. The highest BCUT2D eigenvalue weighted by Crippen LogP contribution is 2.36. The predicted octanol–water partition coefficient (Wildman–Crippen LogP) is 2.41. The van der Waals surface area contributed by atoms with Gasteiger partial charge in [-0.15, -0.1) is 0 Å². The van der Waals surface area contributed by atoms with Crippen LogP contribution in [0.25, 0.3) is 0 Å². The molecule has 1 aromatic carbocycles. The van der Waals surface area contributed by atoms with Crippen LogP contribution in [0.5, 0.6) is 11.5 Å². The van der Waals surface area contributed by atoms with Gasteiger partial charge in [-0.05, 0) is 42.9 Å². The van der Waals surface area contributed by atoms with Gasteiger partial charge in [-0.3, -0.25) is 0 Å². The van der Waals surface area contributed by atoms with Gasteiger partial charge in [0.15, 0.2) is 11.5 Å². The van der Waals surface area contributed by atoms with E-state index in [0.29, 0.717) is 13.2 Å². The lowest BCUT2D eigenvalue weighted by atomic mass is 10.1. The van der Waals surface area contributed by atoms with E-state index in [-0.39, 0.29) is 0 Å². The van der Waals surface area contributed by atoms with Crippen molar-refractivity contribution in [3.8, 4) is 11.5 Å². The number of benzene rings is 1. The van der Waals surface area contributed by atoms with E-state index >= 15 is 0 Å². The van der Waals surface area contributed by atoms with Crippen LogP contribution in [0.2, 0.25) is 0 Å². The Morgan fingerprint density at radius 2 is 1.86 bits per heavy atom. The van der Waals surface area contributed by atoms with Crippen LogP contribution in [0.1, 0.15) is 18.4 Å². The molecule has 0 amide bonds. The summed E-state index contributed by atoms with van der Waals surface area (Å²) in [6.45, 7) is 1.36. The van der Waals surface area contributed by atoms with Crippen LogP contribution in [0.15, 0.2) is 18.2 Å². The van der Waals surface area contributed by atoms with Gasteiger partial charge in [-0.2, -0.15) is 0 Å². The smallest absolute Gasteiger partial charge is 0.161 e. The number of fused-ring (bicyclic) bond motifs is 1. The second-order valence-corrected chi connectivity index (χ2v) is 4.13. The highest BCUT2D eigenvalue weighted by atomic mass is 16.6. The fraction of sp³-hybridized carbons (Fsp3) is 0.500. The third-order valence-corrected chi connectivity index (χ3v) is 2.83. The topological polar surface area (TPSA) is 18.5 Å². The predicted molar refractivity (Wildman–Crippen MR) is 53.9 cm³/mol. The van der Waals surface area contributed by atoms with Crippen molar-refractivity contribution >= 4 is 0 Å². The molecule has 14 heavy (non-hydrogen) atoms. The first kappa shape index (κ1) is 8.16. The fourth-order valence-electron chi connectivity index (χ4n) is 1.87. The highest BCUT2D eigenvalue weighted by Gasteiger charge is 2.22. The van der Waals surface area contributed by atoms with Crippen molar-refractivity contribution in [2.45, 2.75) is 19.3 Å². The molecule has 0 atom stereocenters. The van der Waals surface area contributed by atoms with Crippen molar-refractivity contribution in [3.05, 3.63) is 23.8 Å². The summed E-state index contributed by atoms with van der Waals surface area (Å²) in [5.41, 5.74) is 1.39. The van der Waals surface area contributed by atoms with Gasteiger partial charge >= 0.3 is 0 Å². The molecular weight excluding hydrogens is 176 g/mol. The lowest BCUT2D eigenvalue weighted by Gasteiger charge is -2.18. The molecule has 0 saturated heterocycles. The van der Waals surface area contributed by atoms with E-state index in [1.165, 1.54) is 24.8 Å². The van der Waals surface area contributed by atoms with Crippen molar-refractivity contribution in [1.29, 1.82) is 0 Å². The Balaban J connectivity index is 1.84. The summed E-state index contributed by atoms with van der Waals surface area (Å²) in [7, 11) is 0. The molecule has 2 aliphatic rings. The average Bonchev–Trinajstić information content (AvgIpc) is 3.02. The average molecular weight is 190 g/mol. The summed E-state index contributed by atoms with van der Waals surface area (Å²) >= 11 is 0. The first-order valence-corrected chi connectivity index (χ1v) is 5.30. The van der Waals surface area contributed by atoms with Crippen LogP contribution in [0.4, 0.5) is 0 Å². The molecule has 1 heterocycles. The fourth-order valence-corrected chi connectivity index (χ4v) is 1.87. The molecule has 2 nitrogen and oxygen atoms in total. The Morgan fingerprint density at radius 1 is 1.07 bits per heavy atom. The second kappa shape index (κ2) is 3.19. The summed E-state index contributed by atoms with van der Waals surface area (Å²) in [5.74, 6) is 2.75. The van der Waals surface area contributed by atoms with E-state index in [1.807, 2.05) is 6.07 Å². The summed E-state index contributed by atoms with van der Waals surface area (Å²) < 4.78 is 11.0. The van der Waals surface area contributed by atoms with Crippen LogP contribution in [0, 0.1) is 5.92 Å². The molecular formula is C12H14O2. The maximum atomic E-state index is 5.54. The SMILES string of the molecule is c1cc2c(cc1CC1CC1)OCCO2. The van der Waals surface area contributed by atoms with E-state index in [0.717, 1.165) is 17.4 Å². The summed E-state index contributed by atoms with van der Waals surface area (Å²) in [6, 6.07) is 6.32. The first-order valence-electron chi connectivity index (χ1n) is 5.30. The van der Waals surface area contributed by atoms with E-state index in [9.17, 15) is 0 Å². The van der Waals surface area contributed by atoms with Gasteiger partial charge in [0.2, 0.25) is 0 Å². The minimum atomic E-state index is 0.676. The van der Waals surface area contributed by atoms with Crippen LogP contribution in [-0.2, 0) is 6.42 Å². The summed E-state index contributed by atoms with van der Waals surface area (Å²) in [5, 5.41) is 0. The third kappa shape index (κ3) is 1.57. The Morgan fingerprint density at radius 3 is 2.64 bits per heavy atom. The quantitative estimate of drug-likeness (QED) is 0.713. The third-order valence-electron chi connectivity index (χ3n) is 2.83. The first-order chi connectivity index (χ1) is 6.92. The van der Waals surface area contributed by atoms with E-state index in [4.69, 9.17) is 9.47 Å². The van der Waals surface area contributed by atoms with Crippen LogP contribution >= 0.6 is 0 Å². The van der Waals surface area contributed by atoms with Gasteiger partial charge in [-0.1, -0.05) is 6.07 Å². The van der Waals surface area contributed by atoms with Crippen molar-refractivity contribution in [3.63, 3.8) is 0 Å². The molecule has 1 fully saturated rings. The van der Waals surface area contributed by atoms with Crippen molar-refractivity contribution in [2.75, 3.05) is 13.2 Å². The highest BCUT2D eigenvalue weighted by molar-refractivity contribution is 5.44. The van der Waals surface area contributed by atoms with Crippen LogP contribution in [0.3, 0.4) is 0 Å². The van der Waals surface area contributed by atoms with Crippen LogP contribution in [-0.4, -0.2) is 13.2 Å². The molecule has 1 aliphatic carbocycles. The van der Waals surface area contributed by atoms with E-state index in [2.05, 4.69) is 12.1 Å². The minimum Gasteiger partial charge on any atom is -0.486 e. The number of hydrogen-bond acceptors (Lipinski definition) is 2. The molecule has 0 radical (unpaired) electrons. The Bertz CT molecular complexity index is 342. The molecule has 1 saturated carbocycles. The maximum absolute atomic E-state index is 5.54. The molecule has 0 aromatic heterocycles. The largest absolute Gasteiger partial charge is 0.486 e. The maximum Gasteiger partial charge on any atom is 0.161 e. The van der Waals surface area contributed by atoms with Gasteiger partial charge in [0.1, 0.15) is 13.2 Å². The molecule has 0 N–H and O–H groups in total. The van der Waals surface area contributed by atoms with Gasteiger partial charge in [-0.25, -0.2) is 0 Å². The standard InChI is InChI=1S/C12H14O2/c1-2-9(1)7-10-3-4-11-12(8-10)14-6-5-13-11/h3-4,8-9H,1-2,5-7H2. The molecule has 2 heteroatoms. The molecule has 74 valence electrons. The lowest BCUT2D eigenvalue weighted by Crippen LogP contribution is -2.15. The van der Waals surface area contributed by atoms with Crippen LogP contribution < -0.4 is 9.47 Å². The molecule has 1 aliphatic heterocycles. The van der Waals surface area contributed by atoms with Crippen molar-refractivity contribution in [2.24, 2.45) is 5.92 Å². The zero-order chi connectivity index (χ0) is 9.38. The van der Waals surface area contributed by atoms with E-state index in [1.54, 1.807) is 0 Å². The summed E-state index contributed by atoms with van der Waals surface area (Å²) in [4.78, 5) is 0.